The van der Waals surface area contributed by atoms with Crippen molar-refractivity contribution < 1.29 is 8.42 Å². The summed E-state index contributed by atoms with van der Waals surface area (Å²) in [7, 11) is -3.66. The molecule has 88 valence electrons. The first-order chi connectivity index (χ1) is 7.53. The van der Waals surface area contributed by atoms with Gasteiger partial charge in [-0.2, -0.15) is 9.98 Å². The number of hydrogen-bond donors (Lipinski definition) is 2. The number of aromatic nitrogens is 2. The lowest BCUT2D eigenvalue weighted by atomic mass is 10.3. The van der Waals surface area contributed by atoms with Crippen molar-refractivity contribution in [3.8, 4) is 6.07 Å². The molecule has 6 nitrogen and oxygen atoms in total. The molecule has 0 saturated heterocycles. The van der Waals surface area contributed by atoms with E-state index in [0.717, 1.165) is 0 Å². The van der Waals surface area contributed by atoms with Crippen LogP contribution in [0.15, 0.2) is 11.2 Å². The predicted octanol–water partition coefficient (Wildman–Crippen LogP) is 0.553. The summed E-state index contributed by atoms with van der Waals surface area (Å²) in [5.74, 6) is 0.602. The smallest absolute Gasteiger partial charge is 0.258 e. The fourth-order valence-electron chi connectivity index (χ4n) is 1.11. The molecule has 1 heterocycles. The van der Waals surface area contributed by atoms with Crippen LogP contribution in [-0.4, -0.2) is 24.4 Å². The van der Waals surface area contributed by atoms with E-state index in [4.69, 9.17) is 5.26 Å². The molecule has 0 aliphatic rings. The number of nitrogens with zero attached hydrogens (tertiary/aromatic N) is 2. The second kappa shape index (κ2) is 5.09. The number of aryl methyl sites for hydroxylation is 1. The highest BCUT2D eigenvalue weighted by Gasteiger charge is 2.20. The summed E-state index contributed by atoms with van der Waals surface area (Å²) < 4.78 is 25.8. The molecule has 0 amide bonds. The topological polar surface area (TPSA) is 98.6 Å². The normalized spacial score (nSPS) is 13.3. The van der Waals surface area contributed by atoms with Crippen LogP contribution in [0, 0.1) is 11.3 Å². The molecule has 1 aromatic heterocycles. The van der Waals surface area contributed by atoms with Gasteiger partial charge in [0.15, 0.2) is 5.03 Å². The number of nitriles is 1. The van der Waals surface area contributed by atoms with Gasteiger partial charge in [-0.3, -0.25) is 0 Å². The Morgan fingerprint density at radius 3 is 2.75 bits per heavy atom. The summed E-state index contributed by atoms with van der Waals surface area (Å²) in [6.07, 6.45) is 2.31. The van der Waals surface area contributed by atoms with Crippen LogP contribution >= 0.6 is 0 Å². The third-order valence-electron chi connectivity index (χ3n) is 2.09. The Bertz CT molecular complexity index is 486. The van der Waals surface area contributed by atoms with Crippen molar-refractivity contribution in [2.24, 2.45) is 0 Å². The maximum absolute atomic E-state index is 11.8. The Labute approximate surface area is 94.8 Å². The SMILES string of the molecule is CCc1ncc(S(=O)(=O)NC(C#N)CC)[nH]1. The van der Waals surface area contributed by atoms with E-state index in [1.807, 2.05) is 13.0 Å². The third-order valence-corrected chi connectivity index (χ3v) is 3.47. The minimum absolute atomic E-state index is 0.00181. The molecule has 0 saturated carbocycles. The highest BCUT2D eigenvalue weighted by molar-refractivity contribution is 7.89. The number of sulfonamides is 1. The molecule has 0 aliphatic carbocycles. The summed E-state index contributed by atoms with van der Waals surface area (Å²) in [6.45, 7) is 3.60. The number of H-pyrrole nitrogens is 1. The monoisotopic (exact) mass is 242 g/mol. The molecular formula is C9H14N4O2S. The van der Waals surface area contributed by atoms with E-state index >= 15 is 0 Å². The van der Waals surface area contributed by atoms with Crippen LogP contribution in [-0.2, 0) is 16.4 Å². The molecule has 1 rings (SSSR count). The zero-order valence-corrected chi connectivity index (χ0v) is 10.0. The number of imidazole rings is 1. The molecule has 1 unspecified atom stereocenters. The molecule has 16 heavy (non-hydrogen) atoms. The fraction of sp³-hybridized carbons (Fsp3) is 0.556. The lowest BCUT2D eigenvalue weighted by Crippen LogP contribution is -2.33. The average molecular weight is 242 g/mol. The van der Waals surface area contributed by atoms with Crippen molar-refractivity contribution >= 4 is 10.0 Å². The van der Waals surface area contributed by atoms with Gasteiger partial charge in [0.05, 0.1) is 12.3 Å². The molecule has 0 fully saturated rings. The van der Waals surface area contributed by atoms with Gasteiger partial charge in [-0.1, -0.05) is 13.8 Å². The molecule has 0 radical (unpaired) electrons. The maximum atomic E-state index is 11.8. The number of rotatable bonds is 5. The zero-order valence-electron chi connectivity index (χ0n) is 9.19. The molecule has 0 spiro atoms. The first kappa shape index (κ1) is 12.7. The molecule has 2 N–H and O–H groups in total. The van der Waals surface area contributed by atoms with Crippen molar-refractivity contribution in [1.82, 2.24) is 14.7 Å². The standard InChI is InChI=1S/C9H14N4O2S/c1-3-7(5-10)13-16(14,15)9-6-11-8(4-2)12-9/h6-7,13H,3-4H2,1-2H3,(H,11,12). The number of hydrogen-bond acceptors (Lipinski definition) is 4. The van der Waals surface area contributed by atoms with Gasteiger partial charge in [-0.05, 0) is 6.42 Å². The van der Waals surface area contributed by atoms with Gasteiger partial charge in [0.25, 0.3) is 10.0 Å². The molecule has 0 aromatic carbocycles. The molecule has 7 heteroatoms. The van der Waals surface area contributed by atoms with Gasteiger partial charge in [-0.15, -0.1) is 0 Å². The second-order valence-corrected chi connectivity index (χ2v) is 4.94. The molecule has 1 aromatic rings. The summed E-state index contributed by atoms with van der Waals surface area (Å²) in [4.78, 5) is 6.59. The quantitative estimate of drug-likeness (QED) is 0.787. The minimum Gasteiger partial charge on any atom is -0.332 e. The summed E-state index contributed by atoms with van der Waals surface area (Å²) in [5.41, 5.74) is 0. The van der Waals surface area contributed by atoms with Crippen LogP contribution in [0.2, 0.25) is 0 Å². The molecule has 1 atom stereocenters. The molecule has 0 aliphatic heterocycles. The largest absolute Gasteiger partial charge is 0.332 e. The van der Waals surface area contributed by atoms with Crippen molar-refractivity contribution in [3.63, 3.8) is 0 Å². The predicted molar refractivity (Wildman–Crippen MR) is 58.0 cm³/mol. The Hall–Kier alpha value is -1.39. The first-order valence-corrected chi connectivity index (χ1v) is 6.47. The minimum atomic E-state index is -3.66. The van der Waals surface area contributed by atoms with Crippen molar-refractivity contribution in [3.05, 3.63) is 12.0 Å². The van der Waals surface area contributed by atoms with E-state index in [-0.39, 0.29) is 5.03 Å². The van der Waals surface area contributed by atoms with Gasteiger partial charge < -0.3 is 4.98 Å². The van der Waals surface area contributed by atoms with Gasteiger partial charge in [0, 0.05) is 6.42 Å². The van der Waals surface area contributed by atoms with Crippen LogP contribution in [0.4, 0.5) is 0 Å². The Morgan fingerprint density at radius 1 is 1.62 bits per heavy atom. The van der Waals surface area contributed by atoms with E-state index in [1.54, 1.807) is 6.92 Å². The summed E-state index contributed by atoms with van der Waals surface area (Å²) in [6, 6.07) is 1.16. The summed E-state index contributed by atoms with van der Waals surface area (Å²) in [5, 5.41) is 8.68. The third kappa shape index (κ3) is 2.81. The first-order valence-electron chi connectivity index (χ1n) is 4.99. The lowest BCUT2D eigenvalue weighted by molar-refractivity contribution is 0.566. The van der Waals surface area contributed by atoms with Crippen LogP contribution in [0.3, 0.4) is 0 Å². The summed E-state index contributed by atoms with van der Waals surface area (Å²) >= 11 is 0. The van der Waals surface area contributed by atoms with Crippen molar-refractivity contribution in [2.75, 3.05) is 0 Å². The maximum Gasteiger partial charge on any atom is 0.258 e. The van der Waals surface area contributed by atoms with Crippen LogP contribution in [0.5, 0.6) is 0 Å². The zero-order chi connectivity index (χ0) is 12.2. The van der Waals surface area contributed by atoms with Crippen LogP contribution < -0.4 is 4.72 Å². The van der Waals surface area contributed by atoms with E-state index in [0.29, 0.717) is 18.7 Å². The van der Waals surface area contributed by atoms with E-state index in [9.17, 15) is 8.42 Å². The highest BCUT2D eigenvalue weighted by atomic mass is 32.2. The lowest BCUT2D eigenvalue weighted by Gasteiger charge is -2.07. The molecule has 0 bridgehead atoms. The fourth-order valence-corrected chi connectivity index (χ4v) is 2.28. The Kier molecular flexibility index (Phi) is 4.04. The van der Waals surface area contributed by atoms with Gasteiger partial charge in [-0.25, -0.2) is 13.4 Å². The van der Waals surface area contributed by atoms with Gasteiger partial charge in [0.1, 0.15) is 11.9 Å². The van der Waals surface area contributed by atoms with Gasteiger partial charge >= 0.3 is 0 Å². The Morgan fingerprint density at radius 2 is 2.31 bits per heavy atom. The van der Waals surface area contributed by atoms with Crippen LogP contribution in [0.1, 0.15) is 26.1 Å². The van der Waals surface area contributed by atoms with E-state index in [2.05, 4.69) is 14.7 Å². The van der Waals surface area contributed by atoms with E-state index in [1.165, 1.54) is 6.20 Å². The highest BCUT2D eigenvalue weighted by Crippen LogP contribution is 2.07. The average Bonchev–Trinajstić information content (AvgIpc) is 2.75. The number of nitrogens with one attached hydrogen (secondary N) is 2. The second-order valence-electron chi connectivity index (χ2n) is 3.26. The van der Waals surface area contributed by atoms with Crippen molar-refractivity contribution in [2.45, 2.75) is 37.8 Å². The Balaban J connectivity index is 2.90. The van der Waals surface area contributed by atoms with Crippen LogP contribution in [0.25, 0.3) is 0 Å². The molecular weight excluding hydrogens is 228 g/mol. The van der Waals surface area contributed by atoms with E-state index < -0.39 is 16.1 Å². The van der Waals surface area contributed by atoms with Gasteiger partial charge in [0.2, 0.25) is 0 Å². The van der Waals surface area contributed by atoms with Crippen molar-refractivity contribution in [1.29, 1.82) is 5.26 Å². The number of aromatic amines is 1.